The van der Waals surface area contributed by atoms with E-state index in [1.807, 2.05) is 66.9 Å². The quantitative estimate of drug-likeness (QED) is 0.479. The van der Waals surface area contributed by atoms with Gasteiger partial charge in [0, 0.05) is 0 Å². The van der Waals surface area contributed by atoms with Crippen molar-refractivity contribution in [1.29, 1.82) is 5.26 Å². The van der Waals surface area contributed by atoms with E-state index >= 15 is 0 Å². The molecule has 102 valence electrons. The molecule has 2 aromatic rings. The van der Waals surface area contributed by atoms with Gasteiger partial charge in [-0.2, -0.15) is 5.26 Å². The van der Waals surface area contributed by atoms with Crippen LogP contribution in [0.1, 0.15) is 11.1 Å². The minimum absolute atomic E-state index is 0.413. The molecule has 5 heteroatoms. The van der Waals surface area contributed by atoms with Crippen molar-refractivity contribution in [3.8, 4) is 6.19 Å². The van der Waals surface area contributed by atoms with Crippen LogP contribution in [0.5, 0.6) is 0 Å². The standard InChI is InChI=1S/C15H15N2O2P/c16-13-17-20(18-11-14-7-3-1-4-8-14)19-12-15-9-5-2-6-10-15/h1-10,17H,11-12H2. The van der Waals surface area contributed by atoms with Crippen molar-refractivity contribution in [2.45, 2.75) is 13.2 Å². The maximum atomic E-state index is 8.73. The minimum atomic E-state index is -1.42. The van der Waals surface area contributed by atoms with Crippen LogP contribution in [-0.2, 0) is 22.3 Å². The lowest BCUT2D eigenvalue weighted by atomic mass is 10.2. The van der Waals surface area contributed by atoms with Gasteiger partial charge >= 0.3 is 0 Å². The molecule has 0 aliphatic rings. The van der Waals surface area contributed by atoms with Crippen LogP contribution in [0.4, 0.5) is 0 Å². The average Bonchev–Trinajstić information content (AvgIpc) is 2.52. The number of rotatable bonds is 7. The summed E-state index contributed by atoms with van der Waals surface area (Å²) < 4.78 is 11.2. The Morgan fingerprint density at radius 2 is 1.30 bits per heavy atom. The van der Waals surface area contributed by atoms with E-state index in [2.05, 4.69) is 5.09 Å². The summed E-state index contributed by atoms with van der Waals surface area (Å²) in [6.45, 7) is 0.825. The Labute approximate surface area is 119 Å². The lowest BCUT2D eigenvalue weighted by Crippen LogP contribution is -2.04. The number of nitriles is 1. The molecule has 20 heavy (non-hydrogen) atoms. The minimum Gasteiger partial charge on any atom is -0.312 e. The topological polar surface area (TPSA) is 54.3 Å². The van der Waals surface area contributed by atoms with Crippen molar-refractivity contribution >= 4 is 8.53 Å². The smallest absolute Gasteiger partial charge is 0.297 e. The van der Waals surface area contributed by atoms with Crippen LogP contribution in [0.2, 0.25) is 0 Å². The number of nitrogens with one attached hydrogen (secondary N) is 1. The molecule has 0 bridgehead atoms. The van der Waals surface area contributed by atoms with Crippen LogP contribution in [0.15, 0.2) is 60.7 Å². The Kier molecular flexibility index (Phi) is 6.01. The molecule has 0 fully saturated rings. The van der Waals surface area contributed by atoms with E-state index < -0.39 is 8.53 Å². The van der Waals surface area contributed by atoms with Crippen LogP contribution in [0, 0.1) is 11.5 Å². The first-order chi connectivity index (χ1) is 9.88. The van der Waals surface area contributed by atoms with Gasteiger partial charge in [-0.1, -0.05) is 60.7 Å². The zero-order chi connectivity index (χ0) is 14.0. The second-order valence-corrected chi connectivity index (χ2v) is 5.25. The highest BCUT2D eigenvalue weighted by molar-refractivity contribution is 7.45. The van der Waals surface area contributed by atoms with Crippen molar-refractivity contribution in [2.24, 2.45) is 0 Å². The SMILES string of the molecule is N#CNP(OCc1ccccc1)OCc1ccccc1. The fourth-order valence-electron chi connectivity index (χ4n) is 1.56. The summed E-state index contributed by atoms with van der Waals surface area (Å²) in [5, 5.41) is 11.3. The fraction of sp³-hybridized carbons (Fsp3) is 0.133. The van der Waals surface area contributed by atoms with E-state index in [-0.39, 0.29) is 0 Å². The third-order valence-corrected chi connectivity index (χ3v) is 3.53. The van der Waals surface area contributed by atoms with Crippen LogP contribution in [0.3, 0.4) is 0 Å². The van der Waals surface area contributed by atoms with Crippen molar-refractivity contribution in [2.75, 3.05) is 0 Å². The highest BCUT2D eigenvalue weighted by Crippen LogP contribution is 2.35. The van der Waals surface area contributed by atoms with E-state index in [0.717, 1.165) is 11.1 Å². The van der Waals surface area contributed by atoms with Gasteiger partial charge in [0.2, 0.25) is 0 Å². The van der Waals surface area contributed by atoms with Crippen molar-refractivity contribution < 1.29 is 9.05 Å². The molecule has 0 aromatic heterocycles. The van der Waals surface area contributed by atoms with E-state index in [9.17, 15) is 0 Å². The van der Waals surface area contributed by atoms with Crippen molar-refractivity contribution in [3.63, 3.8) is 0 Å². The Hall–Kier alpha value is -1.92. The second-order valence-electron chi connectivity index (χ2n) is 4.00. The number of hydrogen-bond acceptors (Lipinski definition) is 4. The van der Waals surface area contributed by atoms with Crippen molar-refractivity contribution in [3.05, 3.63) is 71.8 Å². The molecule has 0 atom stereocenters. The third-order valence-electron chi connectivity index (χ3n) is 2.52. The van der Waals surface area contributed by atoms with Gasteiger partial charge in [0.05, 0.1) is 13.2 Å². The normalized spacial score (nSPS) is 10.2. The molecule has 0 heterocycles. The van der Waals surface area contributed by atoms with E-state index in [0.29, 0.717) is 13.2 Å². The van der Waals surface area contributed by atoms with Gasteiger partial charge in [-0.3, -0.25) is 5.09 Å². The molecular weight excluding hydrogens is 271 g/mol. The summed E-state index contributed by atoms with van der Waals surface area (Å²) in [6.07, 6.45) is 1.87. The molecule has 2 aromatic carbocycles. The summed E-state index contributed by atoms with van der Waals surface area (Å²) in [6, 6.07) is 19.6. The first kappa shape index (κ1) is 14.5. The molecule has 1 N–H and O–H groups in total. The fourth-order valence-corrected chi connectivity index (χ4v) is 2.38. The molecule has 0 amide bonds. The predicted molar refractivity (Wildman–Crippen MR) is 78.1 cm³/mol. The molecule has 0 unspecified atom stereocenters. The maximum absolute atomic E-state index is 8.73. The van der Waals surface area contributed by atoms with Crippen LogP contribution < -0.4 is 5.09 Å². The van der Waals surface area contributed by atoms with Crippen LogP contribution >= 0.6 is 8.53 Å². The van der Waals surface area contributed by atoms with Crippen LogP contribution in [-0.4, -0.2) is 0 Å². The molecule has 4 nitrogen and oxygen atoms in total. The van der Waals surface area contributed by atoms with Gasteiger partial charge in [0.25, 0.3) is 8.53 Å². The summed E-state index contributed by atoms with van der Waals surface area (Å²) >= 11 is 0. The van der Waals surface area contributed by atoms with Gasteiger partial charge in [-0.05, 0) is 11.1 Å². The van der Waals surface area contributed by atoms with Gasteiger partial charge in [-0.25, -0.2) is 0 Å². The monoisotopic (exact) mass is 286 g/mol. The van der Waals surface area contributed by atoms with Gasteiger partial charge in [0.1, 0.15) is 0 Å². The lowest BCUT2D eigenvalue weighted by molar-refractivity contribution is 0.231. The second kappa shape index (κ2) is 8.29. The summed E-state index contributed by atoms with van der Waals surface area (Å²) in [7, 11) is -1.42. The number of hydrogen-bond donors (Lipinski definition) is 1. The van der Waals surface area contributed by atoms with Gasteiger partial charge in [0.15, 0.2) is 6.19 Å². The largest absolute Gasteiger partial charge is 0.312 e. The molecule has 0 radical (unpaired) electrons. The van der Waals surface area contributed by atoms with Gasteiger partial charge in [-0.15, -0.1) is 0 Å². The maximum Gasteiger partial charge on any atom is 0.297 e. The molecule has 0 spiro atoms. The Balaban J connectivity index is 1.83. The zero-order valence-corrected chi connectivity index (χ0v) is 11.8. The molecule has 2 rings (SSSR count). The van der Waals surface area contributed by atoms with Crippen molar-refractivity contribution in [1.82, 2.24) is 5.09 Å². The lowest BCUT2D eigenvalue weighted by Gasteiger charge is -2.14. The number of benzene rings is 2. The zero-order valence-electron chi connectivity index (χ0n) is 10.9. The molecule has 0 saturated heterocycles. The molecule has 0 saturated carbocycles. The van der Waals surface area contributed by atoms with E-state index in [1.165, 1.54) is 0 Å². The Morgan fingerprint density at radius 3 is 1.70 bits per heavy atom. The summed E-state index contributed by atoms with van der Waals surface area (Å²) in [5.41, 5.74) is 2.09. The number of nitrogens with zero attached hydrogens (tertiary/aromatic N) is 1. The highest BCUT2D eigenvalue weighted by atomic mass is 31.2. The highest BCUT2D eigenvalue weighted by Gasteiger charge is 2.10. The molecule has 0 aliphatic heterocycles. The summed E-state index contributed by atoms with van der Waals surface area (Å²) in [4.78, 5) is 0. The third kappa shape index (κ3) is 4.99. The first-order valence-corrected chi connectivity index (χ1v) is 7.35. The summed E-state index contributed by atoms with van der Waals surface area (Å²) in [5.74, 6) is 0. The molecule has 0 aliphatic carbocycles. The first-order valence-electron chi connectivity index (χ1n) is 6.17. The Morgan fingerprint density at radius 1 is 0.850 bits per heavy atom. The Bertz CT molecular complexity index is 499. The van der Waals surface area contributed by atoms with Crippen LogP contribution in [0.25, 0.3) is 0 Å². The average molecular weight is 286 g/mol. The van der Waals surface area contributed by atoms with E-state index in [1.54, 1.807) is 0 Å². The molecular formula is C15H15N2O2P. The van der Waals surface area contributed by atoms with Gasteiger partial charge < -0.3 is 9.05 Å². The van der Waals surface area contributed by atoms with E-state index in [4.69, 9.17) is 14.3 Å². The predicted octanol–water partition coefficient (Wildman–Crippen LogP) is 3.72.